The fourth-order valence-corrected chi connectivity index (χ4v) is 2.23. The molecule has 19 heavy (non-hydrogen) atoms. The van der Waals surface area contributed by atoms with Gasteiger partial charge in [-0.2, -0.15) is 0 Å². The Labute approximate surface area is 114 Å². The minimum atomic E-state index is 0.116. The van der Waals surface area contributed by atoms with Gasteiger partial charge in [-0.15, -0.1) is 0 Å². The molecule has 1 aliphatic rings. The van der Waals surface area contributed by atoms with Crippen molar-refractivity contribution < 1.29 is 14.2 Å². The quantitative estimate of drug-likeness (QED) is 0.854. The van der Waals surface area contributed by atoms with E-state index in [-0.39, 0.29) is 6.04 Å². The van der Waals surface area contributed by atoms with Gasteiger partial charge in [-0.05, 0) is 31.4 Å². The van der Waals surface area contributed by atoms with Gasteiger partial charge in [0, 0.05) is 24.6 Å². The van der Waals surface area contributed by atoms with E-state index in [9.17, 15) is 0 Å². The van der Waals surface area contributed by atoms with Gasteiger partial charge in [0.15, 0.2) is 0 Å². The summed E-state index contributed by atoms with van der Waals surface area (Å²) in [5.41, 5.74) is 7.01. The molecule has 1 aliphatic heterocycles. The van der Waals surface area contributed by atoms with Crippen LogP contribution in [0.1, 0.15) is 18.9 Å². The molecule has 4 nitrogen and oxygen atoms in total. The highest BCUT2D eigenvalue weighted by molar-refractivity contribution is 5.41. The Morgan fingerprint density at radius 3 is 2.95 bits per heavy atom. The highest BCUT2D eigenvalue weighted by Gasteiger charge is 2.17. The average Bonchev–Trinajstić information content (AvgIpc) is 2.90. The van der Waals surface area contributed by atoms with Gasteiger partial charge < -0.3 is 19.9 Å². The summed E-state index contributed by atoms with van der Waals surface area (Å²) in [7, 11) is 1.66. The first-order valence-corrected chi connectivity index (χ1v) is 6.82. The molecule has 1 saturated heterocycles. The van der Waals surface area contributed by atoms with E-state index in [1.165, 1.54) is 0 Å². The Morgan fingerprint density at radius 2 is 2.32 bits per heavy atom. The number of hydrogen-bond donors (Lipinski definition) is 1. The third kappa shape index (κ3) is 4.11. The summed E-state index contributed by atoms with van der Waals surface area (Å²) in [6.07, 6.45) is 1.88. The standard InChI is InChI=1S/C15H23NO3/c1-11(16)7-13-3-4-14(17-2)8-15(13)19-10-12-5-6-18-9-12/h3-4,8,11-12H,5-7,9-10,16H2,1-2H3. The topological polar surface area (TPSA) is 53.7 Å². The first kappa shape index (κ1) is 14.2. The highest BCUT2D eigenvalue weighted by atomic mass is 16.5. The van der Waals surface area contributed by atoms with Crippen molar-refractivity contribution in [1.82, 2.24) is 0 Å². The van der Waals surface area contributed by atoms with Crippen LogP contribution >= 0.6 is 0 Å². The minimum absolute atomic E-state index is 0.116. The summed E-state index contributed by atoms with van der Waals surface area (Å²) in [4.78, 5) is 0. The van der Waals surface area contributed by atoms with Crippen LogP contribution in [0.2, 0.25) is 0 Å². The molecule has 2 atom stereocenters. The van der Waals surface area contributed by atoms with Crippen LogP contribution in [0.15, 0.2) is 18.2 Å². The molecule has 2 N–H and O–H groups in total. The Morgan fingerprint density at radius 1 is 1.47 bits per heavy atom. The van der Waals surface area contributed by atoms with Crippen molar-refractivity contribution in [3.05, 3.63) is 23.8 Å². The molecule has 1 aromatic rings. The van der Waals surface area contributed by atoms with Crippen LogP contribution in [0.3, 0.4) is 0 Å². The Hall–Kier alpha value is -1.26. The lowest BCUT2D eigenvalue weighted by atomic mass is 10.1. The zero-order valence-corrected chi connectivity index (χ0v) is 11.7. The first-order chi connectivity index (χ1) is 9.19. The molecule has 0 aromatic heterocycles. The number of rotatable bonds is 6. The van der Waals surface area contributed by atoms with E-state index in [0.717, 1.165) is 43.1 Å². The fraction of sp³-hybridized carbons (Fsp3) is 0.600. The number of nitrogens with two attached hydrogens (primary N) is 1. The molecule has 0 aliphatic carbocycles. The second kappa shape index (κ2) is 6.78. The van der Waals surface area contributed by atoms with Crippen molar-refractivity contribution >= 4 is 0 Å². The number of benzene rings is 1. The number of hydrogen-bond acceptors (Lipinski definition) is 4. The second-order valence-electron chi connectivity index (χ2n) is 5.20. The zero-order chi connectivity index (χ0) is 13.7. The SMILES string of the molecule is COc1ccc(CC(C)N)c(OCC2CCOC2)c1. The van der Waals surface area contributed by atoms with Gasteiger partial charge in [0.2, 0.25) is 0 Å². The normalized spacial score (nSPS) is 20.3. The fourth-order valence-electron chi connectivity index (χ4n) is 2.23. The second-order valence-corrected chi connectivity index (χ2v) is 5.20. The number of methoxy groups -OCH3 is 1. The summed E-state index contributed by atoms with van der Waals surface area (Å²) < 4.78 is 16.6. The van der Waals surface area contributed by atoms with Gasteiger partial charge in [0.25, 0.3) is 0 Å². The maximum absolute atomic E-state index is 5.95. The molecule has 0 amide bonds. The smallest absolute Gasteiger partial charge is 0.126 e. The maximum atomic E-state index is 5.95. The van der Waals surface area contributed by atoms with E-state index >= 15 is 0 Å². The van der Waals surface area contributed by atoms with Crippen LogP contribution in [-0.2, 0) is 11.2 Å². The van der Waals surface area contributed by atoms with E-state index in [0.29, 0.717) is 12.5 Å². The predicted octanol–water partition coefficient (Wildman–Crippen LogP) is 2.00. The van der Waals surface area contributed by atoms with Crippen molar-refractivity contribution in [2.45, 2.75) is 25.8 Å². The molecule has 2 unspecified atom stereocenters. The van der Waals surface area contributed by atoms with E-state index in [4.69, 9.17) is 19.9 Å². The summed E-state index contributed by atoms with van der Waals surface area (Å²) in [6, 6.07) is 6.03. The van der Waals surface area contributed by atoms with Crippen molar-refractivity contribution in [2.75, 3.05) is 26.9 Å². The average molecular weight is 265 g/mol. The monoisotopic (exact) mass is 265 g/mol. The summed E-state index contributed by atoms with van der Waals surface area (Å²) >= 11 is 0. The van der Waals surface area contributed by atoms with Crippen LogP contribution in [-0.4, -0.2) is 33.0 Å². The molecule has 1 heterocycles. The summed E-state index contributed by atoms with van der Waals surface area (Å²) in [5, 5.41) is 0. The third-order valence-electron chi connectivity index (χ3n) is 3.31. The molecule has 4 heteroatoms. The third-order valence-corrected chi connectivity index (χ3v) is 3.31. The Balaban J connectivity index is 2.05. The summed E-state index contributed by atoms with van der Waals surface area (Å²) in [5.74, 6) is 2.18. The van der Waals surface area contributed by atoms with Crippen molar-refractivity contribution in [1.29, 1.82) is 0 Å². The lowest BCUT2D eigenvalue weighted by Gasteiger charge is -2.16. The van der Waals surface area contributed by atoms with E-state index in [2.05, 4.69) is 0 Å². The largest absolute Gasteiger partial charge is 0.497 e. The molecule has 0 spiro atoms. The van der Waals surface area contributed by atoms with Gasteiger partial charge in [0.05, 0.1) is 20.3 Å². The maximum Gasteiger partial charge on any atom is 0.126 e. The predicted molar refractivity (Wildman–Crippen MR) is 74.8 cm³/mol. The van der Waals surface area contributed by atoms with Crippen molar-refractivity contribution in [3.63, 3.8) is 0 Å². The molecule has 0 saturated carbocycles. The van der Waals surface area contributed by atoms with Crippen molar-refractivity contribution in [3.8, 4) is 11.5 Å². The van der Waals surface area contributed by atoms with Gasteiger partial charge in [-0.25, -0.2) is 0 Å². The molecule has 1 fully saturated rings. The van der Waals surface area contributed by atoms with Crippen LogP contribution in [0.5, 0.6) is 11.5 Å². The zero-order valence-electron chi connectivity index (χ0n) is 11.7. The Bertz CT molecular complexity index is 400. The molecule has 2 rings (SSSR count). The van der Waals surface area contributed by atoms with Crippen LogP contribution in [0, 0.1) is 5.92 Å². The molecule has 1 aromatic carbocycles. The van der Waals surface area contributed by atoms with Crippen molar-refractivity contribution in [2.24, 2.45) is 11.7 Å². The Kier molecular flexibility index (Phi) is 5.05. The van der Waals surface area contributed by atoms with E-state index < -0.39 is 0 Å². The van der Waals surface area contributed by atoms with E-state index in [1.54, 1.807) is 7.11 Å². The molecule has 0 radical (unpaired) electrons. The molecular formula is C15H23NO3. The van der Waals surface area contributed by atoms with E-state index in [1.807, 2.05) is 25.1 Å². The van der Waals surface area contributed by atoms with Gasteiger partial charge in [-0.3, -0.25) is 0 Å². The van der Waals surface area contributed by atoms with Crippen LogP contribution < -0.4 is 15.2 Å². The summed E-state index contributed by atoms with van der Waals surface area (Å²) in [6.45, 7) is 4.34. The minimum Gasteiger partial charge on any atom is -0.497 e. The van der Waals surface area contributed by atoms with Gasteiger partial charge in [-0.1, -0.05) is 6.07 Å². The van der Waals surface area contributed by atoms with Crippen LogP contribution in [0.25, 0.3) is 0 Å². The first-order valence-electron chi connectivity index (χ1n) is 6.82. The van der Waals surface area contributed by atoms with Crippen LogP contribution in [0.4, 0.5) is 0 Å². The molecule has 106 valence electrons. The lowest BCUT2D eigenvalue weighted by Crippen LogP contribution is -2.19. The highest BCUT2D eigenvalue weighted by Crippen LogP contribution is 2.27. The molecule has 0 bridgehead atoms. The van der Waals surface area contributed by atoms with Gasteiger partial charge in [0.1, 0.15) is 11.5 Å². The lowest BCUT2D eigenvalue weighted by molar-refractivity contribution is 0.166. The van der Waals surface area contributed by atoms with Gasteiger partial charge >= 0.3 is 0 Å². The molecular weight excluding hydrogens is 242 g/mol. The number of ether oxygens (including phenoxy) is 3.